The van der Waals surface area contributed by atoms with Gasteiger partial charge in [0.1, 0.15) is 17.6 Å². The Morgan fingerprint density at radius 2 is 1.73 bits per heavy atom. The number of hydrogen-bond donors (Lipinski definition) is 1. The fourth-order valence-electron chi connectivity index (χ4n) is 1.70. The highest BCUT2D eigenvalue weighted by Gasteiger charge is 2.48. The number of ether oxygens (including phenoxy) is 1. The van der Waals surface area contributed by atoms with E-state index in [1.165, 1.54) is 12.1 Å². The second-order valence-electron chi connectivity index (χ2n) is 6.22. The van der Waals surface area contributed by atoms with Gasteiger partial charge in [-0.2, -0.15) is 21.6 Å². The number of hydrogen-bond acceptors (Lipinski definition) is 6. The van der Waals surface area contributed by atoms with E-state index in [1.807, 2.05) is 0 Å². The first-order chi connectivity index (χ1) is 11.7. The maximum atomic E-state index is 12.3. The Bertz CT molecular complexity index is 738. The summed E-state index contributed by atoms with van der Waals surface area (Å²) in [5.74, 6) is -0.533. The number of alkyl halides is 3. The van der Waals surface area contributed by atoms with E-state index >= 15 is 0 Å². The smallest absolute Gasteiger partial charge is 0.444 e. The van der Waals surface area contributed by atoms with Crippen molar-refractivity contribution in [3.05, 3.63) is 29.8 Å². The number of benzene rings is 1. The van der Waals surface area contributed by atoms with Gasteiger partial charge in [0.25, 0.3) is 0 Å². The van der Waals surface area contributed by atoms with E-state index in [1.54, 1.807) is 20.8 Å². The zero-order valence-corrected chi connectivity index (χ0v) is 15.0. The van der Waals surface area contributed by atoms with Gasteiger partial charge in [0, 0.05) is 0 Å². The third-order valence-corrected chi connectivity index (χ3v) is 3.71. The van der Waals surface area contributed by atoms with Gasteiger partial charge < -0.3 is 19.0 Å². The fourth-order valence-corrected chi connectivity index (χ4v) is 2.16. The van der Waals surface area contributed by atoms with Gasteiger partial charge in [0.15, 0.2) is 0 Å². The van der Waals surface area contributed by atoms with E-state index in [4.69, 9.17) is 4.74 Å². The Hall–Kier alpha value is -2.30. The van der Waals surface area contributed by atoms with Crippen LogP contribution in [0.25, 0.3) is 0 Å². The SMILES string of the molecule is CC(C)(C)OC(=O)N[C@@H](C=O)Cc1ccc(OS(=O)(=O)C(F)(F)F)cc1. The van der Waals surface area contributed by atoms with E-state index in [0.29, 0.717) is 11.8 Å². The van der Waals surface area contributed by atoms with Crippen molar-refractivity contribution in [1.29, 1.82) is 0 Å². The lowest BCUT2D eigenvalue weighted by atomic mass is 10.1. The van der Waals surface area contributed by atoms with Gasteiger partial charge in [0.05, 0.1) is 6.04 Å². The summed E-state index contributed by atoms with van der Waals surface area (Å²) in [6.45, 7) is 4.95. The van der Waals surface area contributed by atoms with E-state index in [9.17, 15) is 31.2 Å². The maximum absolute atomic E-state index is 12.3. The van der Waals surface area contributed by atoms with Crippen LogP contribution in [0.1, 0.15) is 26.3 Å². The van der Waals surface area contributed by atoms with Gasteiger partial charge >= 0.3 is 21.7 Å². The molecule has 0 fully saturated rings. The lowest BCUT2D eigenvalue weighted by Crippen LogP contribution is -2.41. The summed E-state index contributed by atoms with van der Waals surface area (Å²) >= 11 is 0. The van der Waals surface area contributed by atoms with Crippen molar-refractivity contribution in [2.24, 2.45) is 0 Å². The quantitative estimate of drug-likeness (QED) is 0.450. The molecule has 7 nitrogen and oxygen atoms in total. The highest BCUT2D eigenvalue weighted by Crippen LogP contribution is 2.27. The van der Waals surface area contributed by atoms with Crippen molar-refractivity contribution < 1.29 is 40.1 Å². The molecule has 1 atom stereocenters. The molecule has 1 amide bonds. The van der Waals surface area contributed by atoms with E-state index in [0.717, 1.165) is 12.1 Å². The van der Waals surface area contributed by atoms with Crippen molar-refractivity contribution in [1.82, 2.24) is 5.32 Å². The van der Waals surface area contributed by atoms with Crippen LogP contribution in [-0.2, 0) is 26.1 Å². The van der Waals surface area contributed by atoms with Crippen LogP contribution in [0.2, 0.25) is 0 Å². The average Bonchev–Trinajstić information content (AvgIpc) is 2.45. The number of rotatable bonds is 6. The van der Waals surface area contributed by atoms with Gasteiger partial charge in [-0.3, -0.25) is 0 Å². The third kappa shape index (κ3) is 6.90. The Morgan fingerprint density at radius 3 is 2.15 bits per heavy atom. The maximum Gasteiger partial charge on any atom is 0.534 e. The molecule has 11 heteroatoms. The van der Waals surface area contributed by atoms with Crippen LogP contribution >= 0.6 is 0 Å². The summed E-state index contributed by atoms with van der Waals surface area (Å²) in [6, 6.07) is 3.63. The van der Waals surface area contributed by atoms with Crippen LogP contribution in [0, 0.1) is 0 Å². The minimum atomic E-state index is -5.75. The molecular formula is C15H18F3NO6S. The van der Waals surface area contributed by atoms with Crippen LogP contribution in [0.3, 0.4) is 0 Å². The average molecular weight is 397 g/mol. The second-order valence-corrected chi connectivity index (χ2v) is 7.76. The highest BCUT2D eigenvalue weighted by molar-refractivity contribution is 7.88. The molecule has 0 saturated carbocycles. The summed E-state index contributed by atoms with van der Waals surface area (Å²) in [4.78, 5) is 22.7. The zero-order chi connectivity index (χ0) is 20.2. The molecule has 0 aliphatic heterocycles. The van der Waals surface area contributed by atoms with Crippen LogP contribution in [0.4, 0.5) is 18.0 Å². The van der Waals surface area contributed by atoms with E-state index < -0.39 is 39.1 Å². The van der Waals surface area contributed by atoms with Crippen molar-refractivity contribution in [3.63, 3.8) is 0 Å². The summed E-state index contributed by atoms with van der Waals surface area (Å²) in [5, 5.41) is 2.34. The second kappa shape index (κ2) is 7.94. The molecule has 0 spiro atoms. The molecule has 0 bridgehead atoms. The first-order valence-corrected chi connectivity index (χ1v) is 8.69. The van der Waals surface area contributed by atoms with Gasteiger partial charge in [0.2, 0.25) is 0 Å². The molecule has 1 rings (SSSR count). The molecule has 1 aromatic rings. The fraction of sp³-hybridized carbons (Fsp3) is 0.467. The van der Waals surface area contributed by atoms with Crippen LogP contribution in [0.15, 0.2) is 24.3 Å². The number of amides is 1. The van der Waals surface area contributed by atoms with Crippen molar-refractivity contribution in [2.45, 2.75) is 44.3 Å². The number of carbonyl (C=O) groups is 2. The van der Waals surface area contributed by atoms with Gasteiger partial charge in [-0.15, -0.1) is 0 Å². The molecule has 0 heterocycles. The molecule has 0 saturated heterocycles. The molecule has 0 aliphatic carbocycles. The molecule has 26 heavy (non-hydrogen) atoms. The van der Waals surface area contributed by atoms with Gasteiger partial charge in [-0.25, -0.2) is 4.79 Å². The summed E-state index contributed by atoms with van der Waals surface area (Å²) in [6.07, 6.45) is -0.303. The Balaban J connectivity index is 2.73. The summed E-state index contributed by atoms with van der Waals surface area (Å²) < 4.78 is 67.5. The highest BCUT2D eigenvalue weighted by atomic mass is 32.2. The number of alkyl carbamates (subject to hydrolysis) is 1. The predicted molar refractivity (Wildman–Crippen MR) is 85.0 cm³/mol. The van der Waals surface area contributed by atoms with Crippen molar-refractivity contribution in [2.75, 3.05) is 0 Å². The molecule has 1 N–H and O–H groups in total. The lowest BCUT2D eigenvalue weighted by molar-refractivity contribution is -0.109. The largest absolute Gasteiger partial charge is 0.534 e. The normalized spacial score (nSPS) is 13.6. The van der Waals surface area contributed by atoms with Crippen LogP contribution < -0.4 is 9.50 Å². The standard InChI is InChI=1S/C15H18F3NO6S/c1-14(2,3)24-13(21)19-11(9-20)8-10-4-6-12(7-5-10)25-26(22,23)15(16,17)18/h4-7,9,11H,8H2,1-3H3,(H,19,21)/t11-/m1/s1. The van der Waals surface area contributed by atoms with Crippen molar-refractivity contribution in [3.8, 4) is 5.75 Å². The predicted octanol–water partition coefficient (Wildman–Crippen LogP) is 2.55. The first kappa shape index (κ1) is 21.7. The molecule has 0 radical (unpaired) electrons. The summed E-state index contributed by atoms with van der Waals surface area (Å²) in [7, 11) is -5.75. The number of nitrogens with one attached hydrogen (secondary N) is 1. The third-order valence-electron chi connectivity index (χ3n) is 2.73. The lowest BCUT2D eigenvalue weighted by Gasteiger charge is -2.21. The first-order valence-electron chi connectivity index (χ1n) is 7.28. The Labute approximate surface area is 148 Å². The van der Waals surface area contributed by atoms with Gasteiger partial charge in [-0.1, -0.05) is 12.1 Å². The number of halogens is 3. The molecule has 0 unspecified atom stereocenters. The molecule has 146 valence electrons. The monoisotopic (exact) mass is 397 g/mol. The van der Waals surface area contributed by atoms with E-state index in [2.05, 4.69) is 9.50 Å². The topological polar surface area (TPSA) is 98.8 Å². The molecule has 0 aromatic heterocycles. The van der Waals surface area contributed by atoms with Crippen LogP contribution in [0.5, 0.6) is 5.75 Å². The summed E-state index contributed by atoms with van der Waals surface area (Å²) in [5.41, 5.74) is -5.83. The van der Waals surface area contributed by atoms with Gasteiger partial charge in [-0.05, 0) is 44.9 Å². The number of aldehydes is 1. The van der Waals surface area contributed by atoms with Crippen LogP contribution in [-0.4, -0.2) is 37.9 Å². The zero-order valence-electron chi connectivity index (χ0n) is 14.2. The minimum Gasteiger partial charge on any atom is -0.444 e. The molecule has 0 aliphatic rings. The van der Waals surface area contributed by atoms with E-state index in [-0.39, 0.29) is 6.42 Å². The molecule has 1 aromatic carbocycles. The Kier molecular flexibility index (Phi) is 6.64. The number of carbonyl (C=O) groups excluding carboxylic acids is 2. The molecular weight excluding hydrogens is 379 g/mol. The Morgan fingerprint density at radius 1 is 1.19 bits per heavy atom. The minimum absolute atomic E-state index is 0.0229. The van der Waals surface area contributed by atoms with Crippen molar-refractivity contribution >= 4 is 22.5 Å².